The van der Waals surface area contributed by atoms with E-state index in [1.807, 2.05) is 31.2 Å². The third kappa shape index (κ3) is 3.54. The first kappa shape index (κ1) is 16.4. The molecule has 1 N–H and O–H groups in total. The molecule has 0 saturated heterocycles. The quantitative estimate of drug-likeness (QED) is 0.664. The summed E-state index contributed by atoms with van der Waals surface area (Å²) in [5.74, 6) is 0. The lowest BCUT2D eigenvalue weighted by molar-refractivity contribution is 0.700. The number of allylic oxidation sites excluding steroid dienone is 1. The molecule has 0 amide bonds. The van der Waals surface area contributed by atoms with Crippen molar-refractivity contribution in [2.45, 2.75) is 32.2 Å². The molecule has 3 aromatic rings. The minimum atomic E-state index is -0.136. The average molecular weight is 340 g/mol. The molecule has 2 aromatic heterocycles. The fourth-order valence-electron chi connectivity index (χ4n) is 2.54. The van der Waals surface area contributed by atoms with Crippen LogP contribution in [0.1, 0.15) is 37.1 Å². The zero-order chi connectivity index (χ0) is 16.9. The second-order valence-corrected chi connectivity index (χ2v) is 6.47. The summed E-state index contributed by atoms with van der Waals surface area (Å²) in [6.45, 7) is 5.79. The van der Waals surface area contributed by atoms with Crippen LogP contribution >= 0.6 is 11.3 Å². The monoisotopic (exact) mass is 340 g/mol. The smallest absolute Gasteiger partial charge is 0.275 e. The van der Waals surface area contributed by atoms with Gasteiger partial charge in [0.05, 0.1) is 6.04 Å². The van der Waals surface area contributed by atoms with Crippen LogP contribution in [-0.4, -0.2) is 14.6 Å². The van der Waals surface area contributed by atoms with Crippen molar-refractivity contribution in [3.8, 4) is 0 Å². The molecule has 3 rings (SSSR count). The fraction of sp³-hybridized carbons (Fsp3) is 0.278. The summed E-state index contributed by atoms with van der Waals surface area (Å²) in [4.78, 5) is 17.2. The van der Waals surface area contributed by atoms with Crippen LogP contribution < -0.4 is 10.9 Å². The van der Waals surface area contributed by atoms with E-state index < -0.39 is 0 Å². The number of nitrogens with one attached hydrogen (secondary N) is 1. The molecule has 1 unspecified atom stereocenters. The number of fused-ring (bicyclic) bond motifs is 1. The van der Waals surface area contributed by atoms with E-state index in [4.69, 9.17) is 0 Å². The Morgan fingerprint density at radius 1 is 1.38 bits per heavy atom. The van der Waals surface area contributed by atoms with E-state index in [1.165, 1.54) is 21.4 Å². The van der Waals surface area contributed by atoms with Crippen molar-refractivity contribution in [2.24, 2.45) is 0 Å². The topological polar surface area (TPSA) is 59.3 Å². The molecule has 0 aliphatic heterocycles. The van der Waals surface area contributed by atoms with Gasteiger partial charge in [-0.2, -0.15) is 4.52 Å². The van der Waals surface area contributed by atoms with Crippen LogP contribution in [0.2, 0.25) is 0 Å². The minimum Gasteiger partial charge on any atom is -0.353 e. The maximum absolute atomic E-state index is 12.1. The van der Waals surface area contributed by atoms with Gasteiger partial charge in [-0.3, -0.25) is 4.79 Å². The van der Waals surface area contributed by atoms with Crippen molar-refractivity contribution < 1.29 is 0 Å². The summed E-state index contributed by atoms with van der Waals surface area (Å²) in [5.41, 5.74) is 1.85. The molecule has 1 aromatic carbocycles. The van der Waals surface area contributed by atoms with Gasteiger partial charge in [0, 0.05) is 11.8 Å². The van der Waals surface area contributed by atoms with Crippen molar-refractivity contribution in [1.29, 1.82) is 0 Å². The Morgan fingerprint density at radius 3 is 2.88 bits per heavy atom. The largest absolute Gasteiger partial charge is 0.353 e. The van der Waals surface area contributed by atoms with E-state index in [9.17, 15) is 4.79 Å². The first-order chi connectivity index (χ1) is 11.7. The summed E-state index contributed by atoms with van der Waals surface area (Å²) in [6, 6.07) is 11.9. The van der Waals surface area contributed by atoms with Crippen LogP contribution in [0.4, 0.5) is 5.13 Å². The van der Waals surface area contributed by atoms with Crippen LogP contribution in [0.5, 0.6) is 0 Å². The first-order valence-corrected chi connectivity index (χ1v) is 8.85. The van der Waals surface area contributed by atoms with Crippen LogP contribution in [-0.2, 0) is 6.42 Å². The lowest BCUT2D eigenvalue weighted by atomic mass is 10.0. The molecule has 0 spiro atoms. The van der Waals surface area contributed by atoms with Crippen LogP contribution in [0.15, 0.2) is 53.8 Å². The highest BCUT2D eigenvalue weighted by Crippen LogP contribution is 2.26. The zero-order valence-electron chi connectivity index (χ0n) is 13.6. The summed E-state index contributed by atoms with van der Waals surface area (Å²) >= 11 is 1.40. The van der Waals surface area contributed by atoms with E-state index in [2.05, 4.69) is 34.1 Å². The predicted octanol–water partition coefficient (Wildman–Crippen LogP) is 3.83. The Bertz CT molecular complexity index is 885. The molecule has 5 nitrogen and oxygen atoms in total. The third-order valence-electron chi connectivity index (χ3n) is 3.82. The van der Waals surface area contributed by atoms with Gasteiger partial charge in [0.1, 0.15) is 0 Å². The van der Waals surface area contributed by atoms with Gasteiger partial charge in [-0.25, -0.2) is 4.98 Å². The van der Waals surface area contributed by atoms with Crippen molar-refractivity contribution in [3.05, 3.63) is 70.7 Å². The highest BCUT2D eigenvalue weighted by molar-refractivity contribution is 7.20. The third-order valence-corrected chi connectivity index (χ3v) is 4.66. The predicted molar refractivity (Wildman–Crippen MR) is 98.7 cm³/mol. The number of benzene rings is 1. The summed E-state index contributed by atoms with van der Waals surface area (Å²) < 4.78 is 1.36. The normalized spacial score (nSPS) is 12.2. The minimum absolute atomic E-state index is 0.117. The number of nitrogens with zero attached hydrogens (tertiary/aromatic N) is 3. The molecule has 0 aliphatic rings. The number of hydrogen-bond acceptors (Lipinski definition) is 5. The number of aryl methyl sites for hydroxylation is 1. The highest BCUT2D eigenvalue weighted by Gasteiger charge is 2.14. The Kier molecular flexibility index (Phi) is 5.05. The van der Waals surface area contributed by atoms with Gasteiger partial charge in [0.2, 0.25) is 10.1 Å². The Morgan fingerprint density at radius 2 is 2.17 bits per heavy atom. The van der Waals surface area contributed by atoms with Gasteiger partial charge >= 0.3 is 0 Å². The van der Waals surface area contributed by atoms with E-state index in [-0.39, 0.29) is 11.6 Å². The van der Waals surface area contributed by atoms with Gasteiger partial charge in [-0.05, 0) is 24.8 Å². The Balaban J connectivity index is 1.92. The Hall–Kier alpha value is -2.47. The molecule has 0 radical (unpaired) electrons. The van der Waals surface area contributed by atoms with E-state index in [0.717, 1.165) is 25.0 Å². The SMILES string of the molecule is C=CCCC(Nc1nn2c(=O)cc(CC)nc2s1)c1ccccc1. The lowest BCUT2D eigenvalue weighted by Gasteiger charge is -2.17. The van der Waals surface area contributed by atoms with Crippen molar-refractivity contribution >= 4 is 21.4 Å². The van der Waals surface area contributed by atoms with Crippen molar-refractivity contribution in [2.75, 3.05) is 5.32 Å². The zero-order valence-corrected chi connectivity index (χ0v) is 14.4. The molecule has 0 aliphatic carbocycles. The van der Waals surface area contributed by atoms with Gasteiger partial charge < -0.3 is 5.32 Å². The van der Waals surface area contributed by atoms with Crippen molar-refractivity contribution in [3.63, 3.8) is 0 Å². The molecule has 2 heterocycles. The lowest BCUT2D eigenvalue weighted by Crippen LogP contribution is -2.16. The Labute approximate surface area is 144 Å². The van der Waals surface area contributed by atoms with Crippen LogP contribution in [0, 0.1) is 0 Å². The molecule has 1 atom stereocenters. The van der Waals surface area contributed by atoms with Gasteiger partial charge in [0.25, 0.3) is 5.56 Å². The number of hydrogen-bond donors (Lipinski definition) is 1. The summed E-state index contributed by atoms with van der Waals surface area (Å²) in [7, 11) is 0. The molecule has 124 valence electrons. The van der Waals surface area contributed by atoms with Gasteiger partial charge in [-0.15, -0.1) is 11.7 Å². The molecular weight excluding hydrogens is 320 g/mol. The molecular formula is C18H20N4OS. The maximum atomic E-state index is 12.1. The van der Waals surface area contributed by atoms with E-state index in [1.54, 1.807) is 6.07 Å². The summed E-state index contributed by atoms with van der Waals surface area (Å²) in [5, 5.41) is 8.53. The van der Waals surface area contributed by atoms with E-state index in [0.29, 0.717) is 10.1 Å². The maximum Gasteiger partial charge on any atom is 0.275 e. The second kappa shape index (κ2) is 7.40. The summed E-state index contributed by atoms with van der Waals surface area (Å²) in [6.07, 6.45) is 4.45. The molecule has 0 fully saturated rings. The molecule has 0 saturated carbocycles. The fourth-order valence-corrected chi connectivity index (χ4v) is 3.41. The van der Waals surface area contributed by atoms with Gasteiger partial charge in [0.15, 0.2) is 0 Å². The average Bonchev–Trinajstić information content (AvgIpc) is 3.02. The number of aromatic nitrogens is 3. The molecule has 0 bridgehead atoms. The highest BCUT2D eigenvalue weighted by atomic mass is 32.1. The van der Waals surface area contributed by atoms with Gasteiger partial charge in [-0.1, -0.05) is 54.7 Å². The molecule has 6 heteroatoms. The first-order valence-electron chi connectivity index (χ1n) is 8.03. The van der Waals surface area contributed by atoms with Crippen LogP contribution in [0.3, 0.4) is 0 Å². The molecule has 24 heavy (non-hydrogen) atoms. The van der Waals surface area contributed by atoms with E-state index >= 15 is 0 Å². The second-order valence-electron chi connectivity index (χ2n) is 5.51. The van der Waals surface area contributed by atoms with Crippen LogP contribution in [0.25, 0.3) is 4.96 Å². The number of rotatable bonds is 7. The number of anilines is 1. The standard InChI is InChI=1S/C18H20N4OS/c1-3-5-11-15(13-9-7-6-8-10-13)20-17-21-22-16(23)12-14(4-2)19-18(22)24-17/h3,6-10,12,15H,1,4-5,11H2,2H3,(H,20,21). The van der Waals surface area contributed by atoms with Crippen molar-refractivity contribution in [1.82, 2.24) is 14.6 Å².